The average Bonchev–Trinajstić information content (AvgIpc) is 3.25. The Balaban J connectivity index is 1.54. The molecule has 4 aromatic rings. The number of nitrogens with one attached hydrogen (secondary N) is 1. The smallest absolute Gasteiger partial charge is 0.322 e. The number of hydrogen-bond donors (Lipinski definition) is 1. The Kier molecular flexibility index (Phi) is 6.90. The molecule has 164 valence electrons. The van der Waals surface area contributed by atoms with Crippen LogP contribution in [0.3, 0.4) is 0 Å². The quantitative estimate of drug-likeness (QED) is 0.330. The number of anilines is 1. The molecule has 0 spiro atoms. The lowest BCUT2D eigenvalue weighted by molar-refractivity contribution is 0.207. The number of amides is 2. The third-order valence-electron chi connectivity index (χ3n) is 5.98. The second-order valence-electron chi connectivity index (χ2n) is 8.29. The molecule has 0 aliphatic rings. The summed E-state index contributed by atoms with van der Waals surface area (Å²) in [5.74, 6) is 0. The standard InChI is InChI=1S/C28H31N3O/c1-3-4-18-31(28(32)29-27-17-9-14-23-12-7-8-16-26(23)27)21-25-15-10-19-30(25)20-24-13-6-5-11-22(24)2/h5-17,19H,3-4,18,20-21H2,1-2H3,(H,29,32). The van der Waals surface area contributed by atoms with E-state index in [9.17, 15) is 4.79 Å². The highest BCUT2D eigenvalue weighted by Crippen LogP contribution is 2.24. The summed E-state index contributed by atoms with van der Waals surface area (Å²) in [5, 5.41) is 5.34. The fraction of sp³-hybridized carbons (Fsp3) is 0.250. The largest absolute Gasteiger partial charge is 0.345 e. The van der Waals surface area contributed by atoms with Gasteiger partial charge in [-0.25, -0.2) is 4.79 Å². The van der Waals surface area contributed by atoms with Gasteiger partial charge in [0.15, 0.2) is 0 Å². The predicted octanol–water partition coefficient (Wildman–Crippen LogP) is 6.83. The van der Waals surface area contributed by atoms with Crippen LogP contribution in [0.2, 0.25) is 0 Å². The van der Waals surface area contributed by atoms with Gasteiger partial charge >= 0.3 is 6.03 Å². The molecule has 0 saturated carbocycles. The number of nitrogens with zero attached hydrogens (tertiary/aromatic N) is 2. The van der Waals surface area contributed by atoms with Gasteiger partial charge in [-0.1, -0.05) is 74.0 Å². The maximum absolute atomic E-state index is 13.3. The van der Waals surface area contributed by atoms with Gasteiger partial charge in [0.05, 0.1) is 12.2 Å². The number of carbonyl (C=O) groups is 1. The van der Waals surface area contributed by atoms with E-state index in [1.807, 2.05) is 29.2 Å². The molecule has 0 bridgehead atoms. The second-order valence-corrected chi connectivity index (χ2v) is 8.29. The first kappa shape index (κ1) is 21.7. The van der Waals surface area contributed by atoms with Crippen molar-refractivity contribution in [3.63, 3.8) is 0 Å². The number of urea groups is 1. The van der Waals surface area contributed by atoms with E-state index in [1.54, 1.807) is 0 Å². The summed E-state index contributed by atoms with van der Waals surface area (Å²) in [6, 6.07) is 26.7. The van der Waals surface area contributed by atoms with E-state index in [-0.39, 0.29) is 6.03 Å². The van der Waals surface area contributed by atoms with Gasteiger partial charge in [0.1, 0.15) is 0 Å². The van der Waals surface area contributed by atoms with Crippen molar-refractivity contribution in [2.75, 3.05) is 11.9 Å². The highest BCUT2D eigenvalue weighted by molar-refractivity contribution is 6.01. The highest BCUT2D eigenvalue weighted by atomic mass is 16.2. The predicted molar refractivity (Wildman–Crippen MR) is 133 cm³/mol. The van der Waals surface area contributed by atoms with Crippen LogP contribution in [0.5, 0.6) is 0 Å². The Labute approximate surface area is 190 Å². The van der Waals surface area contributed by atoms with Gasteiger partial charge in [-0.15, -0.1) is 0 Å². The number of fused-ring (bicyclic) bond motifs is 1. The van der Waals surface area contributed by atoms with E-state index in [0.29, 0.717) is 6.54 Å². The molecule has 1 aromatic heterocycles. The zero-order valence-electron chi connectivity index (χ0n) is 18.9. The summed E-state index contributed by atoms with van der Waals surface area (Å²) >= 11 is 0. The van der Waals surface area contributed by atoms with Gasteiger partial charge in [0, 0.05) is 30.4 Å². The molecule has 3 aromatic carbocycles. The molecule has 0 atom stereocenters. The minimum Gasteiger partial charge on any atom is -0.345 e. The van der Waals surface area contributed by atoms with Gasteiger partial charge in [-0.05, 0) is 48.1 Å². The monoisotopic (exact) mass is 425 g/mol. The molecule has 0 fully saturated rings. The molecule has 1 N–H and O–H groups in total. The third-order valence-corrected chi connectivity index (χ3v) is 5.98. The molecular formula is C28H31N3O. The minimum absolute atomic E-state index is 0.0570. The van der Waals surface area contributed by atoms with Crippen LogP contribution in [0, 0.1) is 6.92 Å². The molecule has 2 amide bonds. The van der Waals surface area contributed by atoms with Gasteiger partial charge in [0.2, 0.25) is 0 Å². The number of aryl methyl sites for hydroxylation is 1. The maximum Gasteiger partial charge on any atom is 0.322 e. The number of aromatic nitrogens is 1. The van der Waals surface area contributed by atoms with Crippen LogP contribution in [0.1, 0.15) is 36.6 Å². The topological polar surface area (TPSA) is 37.3 Å². The Morgan fingerprint density at radius 2 is 1.72 bits per heavy atom. The van der Waals surface area contributed by atoms with Crippen LogP contribution >= 0.6 is 0 Å². The van der Waals surface area contributed by atoms with Crippen molar-refractivity contribution in [1.29, 1.82) is 0 Å². The van der Waals surface area contributed by atoms with E-state index in [1.165, 1.54) is 11.1 Å². The second kappa shape index (κ2) is 10.2. The van der Waals surface area contributed by atoms with Gasteiger partial charge in [-0.3, -0.25) is 0 Å². The van der Waals surface area contributed by atoms with Crippen LogP contribution in [0.25, 0.3) is 10.8 Å². The van der Waals surface area contributed by atoms with Crippen molar-refractivity contribution in [2.45, 2.75) is 39.8 Å². The molecule has 0 unspecified atom stereocenters. The zero-order chi connectivity index (χ0) is 22.3. The fourth-order valence-electron chi connectivity index (χ4n) is 4.04. The molecule has 0 saturated heterocycles. The molecule has 4 heteroatoms. The van der Waals surface area contributed by atoms with Gasteiger partial charge < -0.3 is 14.8 Å². The first-order valence-corrected chi connectivity index (χ1v) is 11.4. The fourth-order valence-corrected chi connectivity index (χ4v) is 4.04. The summed E-state index contributed by atoms with van der Waals surface area (Å²) < 4.78 is 2.24. The van der Waals surface area contributed by atoms with E-state index >= 15 is 0 Å². The molecule has 0 radical (unpaired) electrons. The molecule has 0 aliphatic carbocycles. The van der Waals surface area contributed by atoms with E-state index in [2.05, 4.69) is 84.5 Å². The zero-order valence-corrected chi connectivity index (χ0v) is 18.9. The Morgan fingerprint density at radius 1 is 0.938 bits per heavy atom. The molecule has 4 nitrogen and oxygen atoms in total. The van der Waals surface area contributed by atoms with Crippen LogP contribution in [-0.2, 0) is 13.1 Å². The van der Waals surface area contributed by atoms with Crippen molar-refractivity contribution in [3.05, 3.63) is 102 Å². The van der Waals surface area contributed by atoms with E-state index in [4.69, 9.17) is 0 Å². The van der Waals surface area contributed by atoms with Crippen LogP contribution in [0.4, 0.5) is 10.5 Å². The van der Waals surface area contributed by atoms with E-state index in [0.717, 1.165) is 48.1 Å². The lowest BCUT2D eigenvalue weighted by Gasteiger charge is -2.24. The molecule has 32 heavy (non-hydrogen) atoms. The molecule has 1 heterocycles. The molecule has 0 aliphatic heterocycles. The summed E-state index contributed by atoms with van der Waals surface area (Å²) in [6.07, 6.45) is 4.12. The minimum atomic E-state index is -0.0570. The van der Waals surface area contributed by atoms with Crippen LogP contribution in [-0.4, -0.2) is 22.0 Å². The Bertz CT molecular complexity index is 1190. The van der Waals surface area contributed by atoms with Crippen LogP contribution < -0.4 is 5.32 Å². The summed E-state index contributed by atoms with van der Waals surface area (Å²) in [5.41, 5.74) is 4.57. The Morgan fingerprint density at radius 3 is 2.56 bits per heavy atom. The van der Waals surface area contributed by atoms with Crippen molar-refractivity contribution in [1.82, 2.24) is 9.47 Å². The average molecular weight is 426 g/mol. The number of carbonyl (C=O) groups excluding carboxylic acids is 1. The first-order chi connectivity index (χ1) is 15.7. The lowest BCUT2D eigenvalue weighted by Crippen LogP contribution is -2.36. The van der Waals surface area contributed by atoms with Gasteiger partial charge in [0.25, 0.3) is 0 Å². The molecule has 4 rings (SSSR count). The number of rotatable bonds is 8. The summed E-state index contributed by atoms with van der Waals surface area (Å²) in [4.78, 5) is 15.2. The number of benzene rings is 3. The van der Waals surface area contributed by atoms with E-state index < -0.39 is 0 Å². The lowest BCUT2D eigenvalue weighted by atomic mass is 10.1. The van der Waals surface area contributed by atoms with Crippen molar-refractivity contribution >= 4 is 22.5 Å². The normalized spacial score (nSPS) is 10.9. The summed E-state index contributed by atoms with van der Waals surface area (Å²) in [6.45, 7) is 6.41. The Hall–Kier alpha value is -3.53. The SMILES string of the molecule is CCCCN(Cc1cccn1Cc1ccccc1C)C(=O)Nc1cccc2ccccc12. The third kappa shape index (κ3) is 5.02. The number of hydrogen-bond acceptors (Lipinski definition) is 1. The number of unbranched alkanes of at least 4 members (excludes halogenated alkanes) is 1. The summed E-state index contributed by atoms with van der Waals surface area (Å²) in [7, 11) is 0. The van der Waals surface area contributed by atoms with Crippen LogP contribution in [0.15, 0.2) is 85.1 Å². The van der Waals surface area contributed by atoms with Gasteiger partial charge in [-0.2, -0.15) is 0 Å². The van der Waals surface area contributed by atoms with Crippen molar-refractivity contribution in [3.8, 4) is 0 Å². The maximum atomic E-state index is 13.3. The first-order valence-electron chi connectivity index (χ1n) is 11.4. The van der Waals surface area contributed by atoms with Crippen molar-refractivity contribution < 1.29 is 4.79 Å². The molecular weight excluding hydrogens is 394 g/mol. The highest BCUT2D eigenvalue weighted by Gasteiger charge is 2.17. The van der Waals surface area contributed by atoms with Crippen molar-refractivity contribution in [2.24, 2.45) is 0 Å².